The zero-order chi connectivity index (χ0) is 17.0. The quantitative estimate of drug-likeness (QED) is 0.602. The smallest absolute Gasteiger partial charge is 0.407 e. The summed E-state index contributed by atoms with van der Waals surface area (Å²) in [5.74, 6) is 0. The average molecular weight is 321 g/mol. The zero-order valence-electron chi connectivity index (χ0n) is 14.8. The molecular formula is C19H31NO3. The largest absolute Gasteiger partial charge is 0.445 e. The van der Waals surface area contributed by atoms with Gasteiger partial charge in [-0.1, -0.05) is 57.0 Å². The van der Waals surface area contributed by atoms with E-state index in [2.05, 4.69) is 26.1 Å². The summed E-state index contributed by atoms with van der Waals surface area (Å²) in [6.07, 6.45) is 4.82. The lowest BCUT2D eigenvalue weighted by atomic mass is 9.95. The highest BCUT2D eigenvalue weighted by Crippen LogP contribution is 2.23. The standard InChI is InChI=1S/C19H31NO3/c1-4-12-19(3,13-5-2)23-15-9-14-20-18(21)22-16-17-10-7-6-8-11-17/h6-8,10-11H,4-5,9,12-16H2,1-3H3,(H,20,21). The molecule has 0 fully saturated rings. The summed E-state index contributed by atoms with van der Waals surface area (Å²) >= 11 is 0. The molecule has 4 heteroatoms. The fourth-order valence-corrected chi connectivity index (χ4v) is 2.68. The van der Waals surface area contributed by atoms with Gasteiger partial charge in [0.1, 0.15) is 6.61 Å². The van der Waals surface area contributed by atoms with Gasteiger partial charge in [-0.3, -0.25) is 0 Å². The van der Waals surface area contributed by atoms with E-state index in [1.165, 1.54) is 0 Å². The van der Waals surface area contributed by atoms with Crippen molar-refractivity contribution >= 4 is 6.09 Å². The van der Waals surface area contributed by atoms with Gasteiger partial charge in [-0.2, -0.15) is 0 Å². The van der Waals surface area contributed by atoms with Crippen LogP contribution in [0.4, 0.5) is 4.79 Å². The van der Waals surface area contributed by atoms with Crippen LogP contribution in [-0.2, 0) is 16.1 Å². The van der Waals surface area contributed by atoms with Crippen molar-refractivity contribution in [1.82, 2.24) is 5.32 Å². The molecule has 0 unspecified atom stereocenters. The molecule has 0 saturated heterocycles. The molecule has 1 aromatic carbocycles. The monoisotopic (exact) mass is 321 g/mol. The molecule has 23 heavy (non-hydrogen) atoms. The Balaban J connectivity index is 2.12. The van der Waals surface area contributed by atoms with Gasteiger partial charge >= 0.3 is 6.09 Å². The average Bonchev–Trinajstić information content (AvgIpc) is 2.54. The number of alkyl carbamates (subject to hydrolysis) is 1. The highest BCUT2D eigenvalue weighted by molar-refractivity contribution is 5.67. The van der Waals surface area contributed by atoms with Crippen LogP contribution in [0.5, 0.6) is 0 Å². The first-order valence-electron chi connectivity index (χ1n) is 8.68. The van der Waals surface area contributed by atoms with E-state index in [-0.39, 0.29) is 11.7 Å². The lowest BCUT2D eigenvalue weighted by Gasteiger charge is -2.29. The van der Waals surface area contributed by atoms with Crippen LogP contribution in [0, 0.1) is 0 Å². The fourth-order valence-electron chi connectivity index (χ4n) is 2.68. The van der Waals surface area contributed by atoms with Crippen molar-refractivity contribution in [2.75, 3.05) is 13.2 Å². The summed E-state index contributed by atoms with van der Waals surface area (Å²) in [6, 6.07) is 9.66. The van der Waals surface area contributed by atoms with Crippen LogP contribution in [0.15, 0.2) is 30.3 Å². The minimum absolute atomic E-state index is 0.0304. The van der Waals surface area contributed by atoms with Gasteiger partial charge in [0.2, 0.25) is 0 Å². The van der Waals surface area contributed by atoms with Crippen molar-refractivity contribution in [3.63, 3.8) is 0 Å². The molecule has 0 spiro atoms. The third kappa shape index (κ3) is 8.60. The first-order chi connectivity index (χ1) is 11.1. The topological polar surface area (TPSA) is 47.6 Å². The van der Waals surface area contributed by atoms with E-state index in [4.69, 9.17) is 9.47 Å². The van der Waals surface area contributed by atoms with Gasteiger partial charge in [0.25, 0.3) is 0 Å². The van der Waals surface area contributed by atoms with E-state index in [9.17, 15) is 4.79 Å². The second kappa shape index (κ2) is 11.1. The Hall–Kier alpha value is -1.55. The van der Waals surface area contributed by atoms with E-state index in [1.807, 2.05) is 30.3 Å². The number of carbonyl (C=O) groups excluding carboxylic acids is 1. The number of ether oxygens (including phenoxy) is 2. The number of nitrogens with one attached hydrogen (secondary N) is 1. The van der Waals surface area contributed by atoms with Crippen molar-refractivity contribution < 1.29 is 14.3 Å². The Morgan fingerprint density at radius 1 is 1.13 bits per heavy atom. The summed E-state index contributed by atoms with van der Waals surface area (Å²) in [5, 5.41) is 2.76. The SMILES string of the molecule is CCCC(C)(CCC)OCCCNC(=O)OCc1ccccc1. The summed E-state index contributed by atoms with van der Waals surface area (Å²) in [7, 11) is 0. The van der Waals surface area contributed by atoms with Gasteiger partial charge in [0, 0.05) is 13.2 Å². The Labute approximate surface area is 140 Å². The highest BCUT2D eigenvalue weighted by atomic mass is 16.5. The van der Waals surface area contributed by atoms with E-state index in [1.54, 1.807) is 0 Å². The molecule has 130 valence electrons. The Bertz CT molecular complexity index is 428. The molecule has 0 atom stereocenters. The van der Waals surface area contributed by atoms with Crippen LogP contribution in [0.25, 0.3) is 0 Å². The number of rotatable bonds is 11. The van der Waals surface area contributed by atoms with Crippen molar-refractivity contribution in [3.8, 4) is 0 Å². The maximum Gasteiger partial charge on any atom is 0.407 e. The number of hydrogen-bond donors (Lipinski definition) is 1. The minimum Gasteiger partial charge on any atom is -0.445 e. The van der Waals surface area contributed by atoms with Crippen LogP contribution in [0.2, 0.25) is 0 Å². The minimum atomic E-state index is -0.376. The Morgan fingerprint density at radius 3 is 2.39 bits per heavy atom. The zero-order valence-corrected chi connectivity index (χ0v) is 14.8. The van der Waals surface area contributed by atoms with Gasteiger partial charge < -0.3 is 14.8 Å². The molecule has 1 N–H and O–H groups in total. The van der Waals surface area contributed by atoms with E-state index >= 15 is 0 Å². The Morgan fingerprint density at radius 2 is 1.78 bits per heavy atom. The molecule has 1 amide bonds. The lowest BCUT2D eigenvalue weighted by Crippen LogP contribution is -2.31. The number of carbonyl (C=O) groups is 1. The maximum absolute atomic E-state index is 11.6. The van der Waals surface area contributed by atoms with Crippen molar-refractivity contribution in [2.45, 2.75) is 65.1 Å². The molecule has 0 radical (unpaired) electrons. The number of amides is 1. The molecule has 0 bridgehead atoms. The molecule has 4 nitrogen and oxygen atoms in total. The predicted octanol–water partition coefficient (Wildman–Crippen LogP) is 4.68. The molecule has 1 rings (SSSR count). The van der Waals surface area contributed by atoms with Crippen molar-refractivity contribution in [1.29, 1.82) is 0 Å². The molecule has 1 aromatic rings. The predicted molar refractivity (Wildman–Crippen MR) is 93.4 cm³/mol. The molecule has 0 heterocycles. The molecule has 0 aliphatic rings. The summed E-state index contributed by atoms with van der Waals surface area (Å²) < 4.78 is 11.2. The van der Waals surface area contributed by atoms with Gasteiger partial charge in [-0.25, -0.2) is 4.79 Å². The molecule has 0 aliphatic heterocycles. The fraction of sp³-hybridized carbons (Fsp3) is 0.632. The van der Waals surface area contributed by atoms with Gasteiger partial charge in [-0.15, -0.1) is 0 Å². The Kier molecular flexibility index (Phi) is 9.37. The van der Waals surface area contributed by atoms with Crippen LogP contribution >= 0.6 is 0 Å². The first kappa shape index (κ1) is 19.5. The summed E-state index contributed by atoms with van der Waals surface area (Å²) in [5.41, 5.74) is 0.956. The first-order valence-corrected chi connectivity index (χ1v) is 8.68. The van der Waals surface area contributed by atoms with Crippen molar-refractivity contribution in [2.24, 2.45) is 0 Å². The number of benzene rings is 1. The second-order valence-corrected chi connectivity index (χ2v) is 6.14. The lowest BCUT2D eigenvalue weighted by molar-refractivity contribution is -0.0451. The molecule has 0 aliphatic carbocycles. The number of hydrogen-bond acceptors (Lipinski definition) is 3. The highest BCUT2D eigenvalue weighted by Gasteiger charge is 2.22. The van der Waals surface area contributed by atoms with Crippen LogP contribution in [0.3, 0.4) is 0 Å². The summed E-state index contributed by atoms with van der Waals surface area (Å²) in [6.45, 7) is 8.08. The van der Waals surface area contributed by atoms with Gasteiger partial charge in [0.15, 0.2) is 0 Å². The molecule has 0 saturated carbocycles. The van der Waals surface area contributed by atoms with Gasteiger partial charge in [0.05, 0.1) is 5.60 Å². The third-order valence-corrected chi connectivity index (χ3v) is 3.81. The van der Waals surface area contributed by atoms with E-state index in [0.29, 0.717) is 19.8 Å². The molecular weight excluding hydrogens is 290 g/mol. The van der Waals surface area contributed by atoms with E-state index < -0.39 is 0 Å². The molecule has 0 aromatic heterocycles. The summed E-state index contributed by atoms with van der Waals surface area (Å²) in [4.78, 5) is 11.6. The third-order valence-electron chi connectivity index (χ3n) is 3.81. The second-order valence-electron chi connectivity index (χ2n) is 6.14. The van der Waals surface area contributed by atoms with Gasteiger partial charge in [-0.05, 0) is 31.7 Å². The van der Waals surface area contributed by atoms with Crippen molar-refractivity contribution in [3.05, 3.63) is 35.9 Å². The van der Waals surface area contributed by atoms with Crippen LogP contribution in [-0.4, -0.2) is 24.8 Å². The van der Waals surface area contributed by atoms with Crippen LogP contribution in [0.1, 0.15) is 58.4 Å². The maximum atomic E-state index is 11.6. The van der Waals surface area contributed by atoms with Crippen LogP contribution < -0.4 is 5.32 Å². The van der Waals surface area contributed by atoms with E-state index in [0.717, 1.165) is 37.7 Å². The normalized spacial score (nSPS) is 11.3.